The van der Waals surface area contributed by atoms with Gasteiger partial charge in [0, 0.05) is 24.8 Å². The van der Waals surface area contributed by atoms with Crippen molar-refractivity contribution in [3.8, 4) is 0 Å². The highest BCUT2D eigenvalue weighted by molar-refractivity contribution is 6.31. The molecule has 2 N–H and O–H groups in total. The molecule has 19 heavy (non-hydrogen) atoms. The lowest BCUT2D eigenvalue weighted by Gasteiger charge is -2.17. The lowest BCUT2D eigenvalue weighted by molar-refractivity contribution is -0.131. The minimum absolute atomic E-state index is 0.224. The van der Waals surface area contributed by atoms with E-state index >= 15 is 0 Å². The molecule has 0 spiro atoms. The second-order valence-corrected chi connectivity index (χ2v) is 4.48. The monoisotopic (exact) mass is 283 g/mol. The standard InChI is InChI=1S/C12H10ClNO5/c1-5(15)14-7-2-6(3-9(16)17)10-8(4-7)19-12(13)11(10)18/h2-4,10,12H,1H3,(H,14,15)(H,16,17). The maximum absolute atomic E-state index is 11.8. The summed E-state index contributed by atoms with van der Waals surface area (Å²) in [5.41, 5.74) is -0.565. The van der Waals surface area contributed by atoms with Gasteiger partial charge in [-0.1, -0.05) is 11.6 Å². The molecule has 2 aliphatic rings. The highest BCUT2D eigenvalue weighted by Crippen LogP contribution is 2.38. The van der Waals surface area contributed by atoms with Crippen LogP contribution in [0.25, 0.3) is 0 Å². The zero-order chi connectivity index (χ0) is 14.2. The maximum Gasteiger partial charge on any atom is 0.328 e. The molecule has 0 aromatic rings. The van der Waals surface area contributed by atoms with Crippen LogP contribution in [0.3, 0.4) is 0 Å². The summed E-state index contributed by atoms with van der Waals surface area (Å²) in [6.45, 7) is 1.32. The van der Waals surface area contributed by atoms with E-state index in [1.165, 1.54) is 19.1 Å². The molecule has 0 radical (unpaired) electrons. The minimum atomic E-state index is -1.19. The number of hydrogen-bond acceptors (Lipinski definition) is 4. The number of hydrogen-bond donors (Lipinski definition) is 2. The van der Waals surface area contributed by atoms with Crippen molar-refractivity contribution in [2.75, 3.05) is 0 Å². The van der Waals surface area contributed by atoms with Crippen molar-refractivity contribution in [3.63, 3.8) is 0 Å². The van der Waals surface area contributed by atoms with Gasteiger partial charge in [0.2, 0.25) is 17.3 Å². The Hall–Kier alpha value is -2.08. The van der Waals surface area contributed by atoms with Gasteiger partial charge in [0.1, 0.15) is 11.7 Å². The van der Waals surface area contributed by atoms with Gasteiger partial charge in [-0.05, 0) is 11.6 Å². The number of aliphatic carboxylic acids is 1. The molecule has 6 nitrogen and oxygen atoms in total. The summed E-state index contributed by atoms with van der Waals surface area (Å²) in [4.78, 5) is 33.6. The molecule has 1 fully saturated rings. The zero-order valence-corrected chi connectivity index (χ0v) is 10.6. The molecule has 2 unspecified atom stereocenters. The van der Waals surface area contributed by atoms with Crippen molar-refractivity contribution in [1.29, 1.82) is 0 Å². The Labute approximate surface area is 113 Å². The lowest BCUT2D eigenvalue weighted by atomic mass is 9.89. The van der Waals surface area contributed by atoms with E-state index in [0.717, 1.165) is 6.08 Å². The van der Waals surface area contributed by atoms with Crippen LogP contribution < -0.4 is 5.32 Å². The van der Waals surface area contributed by atoms with Crippen LogP contribution in [0.2, 0.25) is 0 Å². The van der Waals surface area contributed by atoms with E-state index < -0.39 is 23.2 Å². The number of amides is 1. The van der Waals surface area contributed by atoms with Gasteiger partial charge in [0.05, 0.1) is 0 Å². The van der Waals surface area contributed by atoms with Crippen LogP contribution in [-0.4, -0.2) is 28.3 Å². The Bertz CT molecular complexity index is 560. The first-order valence-electron chi connectivity index (χ1n) is 5.38. The second kappa shape index (κ2) is 4.89. The van der Waals surface area contributed by atoms with Gasteiger partial charge < -0.3 is 15.2 Å². The fourth-order valence-electron chi connectivity index (χ4n) is 1.96. The number of rotatable bonds is 2. The molecular weight excluding hydrogens is 274 g/mol. The molecule has 1 heterocycles. The summed E-state index contributed by atoms with van der Waals surface area (Å²) in [5.74, 6) is -2.51. The van der Waals surface area contributed by atoms with E-state index in [1.807, 2.05) is 0 Å². The first-order chi connectivity index (χ1) is 8.88. The zero-order valence-electron chi connectivity index (χ0n) is 9.84. The molecule has 2 atom stereocenters. The molecule has 100 valence electrons. The van der Waals surface area contributed by atoms with Gasteiger partial charge in [-0.15, -0.1) is 0 Å². The van der Waals surface area contributed by atoms with E-state index in [0.29, 0.717) is 5.70 Å². The summed E-state index contributed by atoms with van der Waals surface area (Å²) in [6, 6.07) is 0. The number of allylic oxidation sites excluding steroid dienone is 3. The smallest absolute Gasteiger partial charge is 0.328 e. The third-order valence-electron chi connectivity index (χ3n) is 2.60. The summed E-state index contributed by atoms with van der Waals surface area (Å²) >= 11 is 5.70. The van der Waals surface area contributed by atoms with Crippen LogP contribution in [0, 0.1) is 5.92 Å². The van der Waals surface area contributed by atoms with Crippen LogP contribution >= 0.6 is 11.6 Å². The molecular formula is C12H10ClNO5. The number of fused-ring (bicyclic) bond motifs is 1. The number of carbonyl (C=O) groups excluding carboxylic acids is 2. The lowest BCUT2D eigenvalue weighted by Crippen LogP contribution is -2.24. The van der Waals surface area contributed by atoms with Crippen LogP contribution in [0.5, 0.6) is 0 Å². The van der Waals surface area contributed by atoms with Gasteiger partial charge in [-0.3, -0.25) is 9.59 Å². The number of halogens is 1. The number of ketones is 1. The van der Waals surface area contributed by atoms with E-state index in [2.05, 4.69) is 5.32 Å². The number of Topliss-reactive ketones (excluding diaryl/α,β-unsaturated/α-hetero) is 1. The molecule has 0 aromatic heterocycles. The average molecular weight is 284 g/mol. The Morgan fingerprint density at radius 1 is 1.47 bits per heavy atom. The van der Waals surface area contributed by atoms with Gasteiger partial charge >= 0.3 is 5.97 Å². The predicted molar refractivity (Wildman–Crippen MR) is 64.9 cm³/mol. The Morgan fingerprint density at radius 3 is 2.74 bits per heavy atom. The quantitative estimate of drug-likeness (QED) is 0.575. The normalized spacial score (nSPS) is 27.3. The number of carbonyl (C=O) groups is 3. The number of carboxylic acid groups (broad SMARTS) is 1. The summed E-state index contributed by atoms with van der Waals surface area (Å²) in [5, 5.41) is 11.3. The number of ether oxygens (including phenoxy) is 1. The first-order valence-corrected chi connectivity index (χ1v) is 5.82. The largest absolute Gasteiger partial charge is 0.478 e. The molecule has 1 aliphatic heterocycles. The Morgan fingerprint density at radius 2 is 2.16 bits per heavy atom. The molecule has 2 rings (SSSR count). The second-order valence-electron chi connectivity index (χ2n) is 4.08. The van der Waals surface area contributed by atoms with Gasteiger partial charge in [0.25, 0.3) is 0 Å². The van der Waals surface area contributed by atoms with E-state index in [9.17, 15) is 14.4 Å². The Balaban J connectivity index is 2.42. The van der Waals surface area contributed by atoms with Crippen molar-refractivity contribution in [3.05, 3.63) is 35.3 Å². The highest BCUT2D eigenvalue weighted by Gasteiger charge is 2.42. The third-order valence-corrected chi connectivity index (χ3v) is 2.90. The van der Waals surface area contributed by atoms with E-state index in [1.54, 1.807) is 0 Å². The summed E-state index contributed by atoms with van der Waals surface area (Å²) in [7, 11) is 0. The molecule has 7 heteroatoms. The third kappa shape index (κ3) is 2.68. The molecule has 0 bridgehead atoms. The van der Waals surface area contributed by atoms with E-state index in [4.69, 9.17) is 21.4 Å². The van der Waals surface area contributed by atoms with Crippen molar-refractivity contribution >= 4 is 29.3 Å². The Kier molecular flexibility index (Phi) is 3.44. The first kappa shape index (κ1) is 13.4. The van der Waals surface area contributed by atoms with Crippen LogP contribution in [0.4, 0.5) is 0 Å². The van der Waals surface area contributed by atoms with Crippen molar-refractivity contribution in [2.45, 2.75) is 12.5 Å². The average Bonchev–Trinajstić information content (AvgIpc) is 2.52. The highest BCUT2D eigenvalue weighted by atomic mass is 35.5. The summed E-state index contributed by atoms with van der Waals surface area (Å²) in [6.07, 6.45) is 3.78. The van der Waals surface area contributed by atoms with Gasteiger partial charge in [0.15, 0.2) is 0 Å². The SMILES string of the molecule is CC(=O)NC1=CC(=CC(=O)O)C2C(=O)C(Cl)OC2=C1. The van der Waals surface area contributed by atoms with Crippen molar-refractivity contribution in [1.82, 2.24) is 5.32 Å². The number of nitrogens with one attached hydrogen (secondary N) is 1. The van der Waals surface area contributed by atoms with Crippen molar-refractivity contribution in [2.24, 2.45) is 5.92 Å². The fraction of sp³-hybridized carbons (Fsp3) is 0.250. The van der Waals surface area contributed by atoms with Crippen LogP contribution in [0.15, 0.2) is 35.3 Å². The van der Waals surface area contributed by atoms with Gasteiger partial charge in [-0.2, -0.15) is 0 Å². The van der Waals surface area contributed by atoms with Gasteiger partial charge in [-0.25, -0.2) is 4.79 Å². The van der Waals surface area contributed by atoms with Crippen LogP contribution in [0.1, 0.15) is 6.92 Å². The fourth-order valence-corrected chi connectivity index (χ4v) is 2.19. The topological polar surface area (TPSA) is 92.7 Å². The molecule has 1 amide bonds. The predicted octanol–water partition coefficient (Wildman–Crippen LogP) is 0.695. The van der Waals surface area contributed by atoms with Crippen LogP contribution in [-0.2, 0) is 19.1 Å². The van der Waals surface area contributed by atoms with E-state index in [-0.39, 0.29) is 17.2 Å². The molecule has 0 saturated carbocycles. The number of carboxylic acids is 1. The molecule has 1 saturated heterocycles. The molecule has 0 aromatic carbocycles. The number of alkyl halides is 1. The summed E-state index contributed by atoms with van der Waals surface area (Å²) < 4.78 is 5.15. The minimum Gasteiger partial charge on any atom is -0.478 e. The molecule has 1 aliphatic carbocycles. The maximum atomic E-state index is 11.8. The van der Waals surface area contributed by atoms with Crippen molar-refractivity contribution < 1.29 is 24.2 Å².